The molecule has 0 saturated carbocycles. The van der Waals surface area contributed by atoms with E-state index >= 15 is 0 Å². The summed E-state index contributed by atoms with van der Waals surface area (Å²) in [7, 11) is 0. The second-order valence-corrected chi connectivity index (χ2v) is 3.60. The summed E-state index contributed by atoms with van der Waals surface area (Å²) >= 11 is 0. The number of pyridine rings is 1. The Morgan fingerprint density at radius 3 is 3.29 bits per heavy atom. The lowest BCUT2D eigenvalue weighted by atomic mass is 10.1. The third-order valence-electron chi connectivity index (χ3n) is 2.52. The van der Waals surface area contributed by atoms with Gasteiger partial charge in [0.1, 0.15) is 0 Å². The molecule has 1 aliphatic heterocycles. The highest BCUT2D eigenvalue weighted by Crippen LogP contribution is 2.13. The van der Waals surface area contributed by atoms with Crippen LogP contribution in [0.5, 0.6) is 0 Å². The largest absolute Gasteiger partial charge is 0.382 e. The van der Waals surface area contributed by atoms with Crippen molar-refractivity contribution in [2.45, 2.75) is 6.42 Å². The predicted molar refractivity (Wildman–Crippen MR) is 53.7 cm³/mol. The molecule has 0 spiro atoms. The summed E-state index contributed by atoms with van der Waals surface area (Å²) in [4.78, 5) is 3.70. The van der Waals surface area contributed by atoms with Gasteiger partial charge in [-0.2, -0.15) is 0 Å². The highest BCUT2D eigenvalue weighted by atomic mass is 19.1. The third kappa shape index (κ3) is 2.20. The molecule has 2 N–H and O–H groups in total. The fourth-order valence-electron chi connectivity index (χ4n) is 1.66. The molecule has 76 valence electrons. The van der Waals surface area contributed by atoms with Crippen LogP contribution < -0.4 is 10.6 Å². The number of halogens is 1. The maximum absolute atomic E-state index is 13.1. The highest BCUT2D eigenvalue weighted by molar-refractivity contribution is 5.42. The van der Waals surface area contributed by atoms with E-state index in [9.17, 15) is 4.39 Å². The summed E-state index contributed by atoms with van der Waals surface area (Å²) in [6.07, 6.45) is 3.99. The van der Waals surface area contributed by atoms with E-state index in [1.165, 1.54) is 12.6 Å². The molecule has 1 saturated heterocycles. The van der Waals surface area contributed by atoms with Gasteiger partial charge in [-0.05, 0) is 31.5 Å². The average molecular weight is 195 g/mol. The Hall–Kier alpha value is -1.16. The lowest BCUT2D eigenvalue weighted by Crippen LogP contribution is -2.17. The van der Waals surface area contributed by atoms with Crippen molar-refractivity contribution in [2.24, 2.45) is 5.92 Å². The number of aromatic nitrogens is 1. The minimum absolute atomic E-state index is 0.279. The van der Waals surface area contributed by atoms with Gasteiger partial charge in [0.2, 0.25) is 0 Å². The van der Waals surface area contributed by atoms with E-state index in [1.807, 2.05) is 0 Å². The zero-order chi connectivity index (χ0) is 9.80. The lowest BCUT2D eigenvalue weighted by molar-refractivity contribution is 0.599. The van der Waals surface area contributed by atoms with Crippen LogP contribution in [-0.2, 0) is 0 Å². The van der Waals surface area contributed by atoms with Crippen LogP contribution in [0.25, 0.3) is 0 Å². The number of nitrogens with one attached hydrogen (secondary N) is 2. The molecule has 0 aromatic carbocycles. The van der Waals surface area contributed by atoms with Gasteiger partial charge in [0.05, 0.1) is 11.9 Å². The quantitative estimate of drug-likeness (QED) is 0.762. The molecule has 14 heavy (non-hydrogen) atoms. The van der Waals surface area contributed by atoms with E-state index in [-0.39, 0.29) is 5.82 Å². The molecule has 0 bridgehead atoms. The van der Waals surface area contributed by atoms with E-state index in [0.717, 1.165) is 19.6 Å². The van der Waals surface area contributed by atoms with Gasteiger partial charge in [-0.15, -0.1) is 0 Å². The van der Waals surface area contributed by atoms with Crippen molar-refractivity contribution in [2.75, 3.05) is 25.0 Å². The topological polar surface area (TPSA) is 37.0 Å². The van der Waals surface area contributed by atoms with Gasteiger partial charge in [0.25, 0.3) is 0 Å². The Labute approximate surface area is 82.7 Å². The van der Waals surface area contributed by atoms with Crippen molar-refractivity contribution in [1.29, 1.82) is 0 Å². The molecular weight excluding hydrogens is 181 g/mol. The molecule has 2 rings (SSSR count). The van der Waals surface area contributed by atoms with E-state index in [1.54, 1.807) is 12.3 Å². The van der Waals surface area contributed by atoms with Crippen molar-refractivity contribution in [1.82, 2.24) is 10.3 Å². The molecule has 1 atom stereocenters. The van der Waals surface area contributed by atoms with Gasteiger partial charge >= 0.3 is 0 Å². The third-order valence-corrected chi connectivity index (χ3v) is 2.52. The molecule has 1 aromatic heterocycles. The smallest absolute Gasteiger partial charge is 0.164 e. The average Bonchev–Trinajstić information content (AvgIpc) is 2.69. The maximum atomic E-state index is 13.1. The minimum atomic E-state index is -0.279. The summed E-state index contributed by atoms with van der Waals surface area (Å²) in [6.45, 7) is 2.93. The molecule has 2 heterocycles. The molecule has 3 nitrogen and oxygen atoms in total. The predicted octanol–water partition coefficient (Wildman–Crippen LogP) is 1.24. The first kappa shape index (κ1) is 9.40. The number of nitrogens with zero attached hydrogens (tertiary/aromatic N) is 1. The SMILES string of the molecule is Fc1cnccc1NCC1CCNC1. The number of hydrogen-bond donors (Lipinski definition) is 2. The first-order valence-electron chi connectivity index (χ1n) is 4.90. The van der Waals surface area contributed by atoms with E-state index in [0.29, 0.717) is 11.6 Å². The van der Waals surface area contributed by atoms with Crippen molar-refractivity contribution in [3.05, 3.63) is 24.3 Å². The van der Waals surface area contributed by atoms with Crippen molar-refractivity contribution in [3.63, 3.8) is 0 Å². The Balaban J connectivity index is 1.88. The monoisotopic (exact) mass is 195 g/mol. The van der Waals surface area contributed by atoms with Crippen LogP contribution in [0.4, 0.5) is 10.1 Å². The van der Waals surface area contributed by atoms with E-state index in [4.69, 9.17) is 0 Å². The van der Waals surface area contributed by atoms with Gasteiger partial charge in [0.15, 0.2) is 5.82 Å². The van der Waals surface area contributed by atoms with Crippen LogP contribution in [0, 0.1) is 11.7 Å². The molecule has 4 heteroatoms. The first-order valence-corrected chi connectivity index (χ1v) is 4.90. The van der Waals surface area contributed by atoms with E-state index in [2.05, 4.69) is 15.6 Å². The highest BCUT2D eigenvalue weighted by Gasteiger charge is 2.14. The molecule has 1 aromatic rings. The van der Waals surface area contributed by atoms with Gasteiger partial charge in [-0.3, -0.25) is 4.98 Å². The van der Waals surface area contributed by atoms with Crippen molar-refractivity contribution in [3.8, 4) is 0 Å². The van der Waals surface area contributed by atoms with Gasteiger partial charge < -0.3 is 10.6 Å². The Morgan fingerprint density at radius 2 is 2.57 bits per heavy atom. The van der Waals surface area contributed by atoms with Crippen molar-refractivity contribution < 1.29 is 4.39 Å². The summed E-state index contributed by atoms with van der Waals surface area (Å²) in [5, 5.41) is 6.38. The first-order chi connectivity index (χ1) is 6.86. The standard InChI is InChI=1S/C10H14FN3/c11-9-7-13-4-2-10(9)14-6-8-1-3-12-5-8/h2,4,7-8,12H,1,3,5-6H2,(H,13,14). The summed E-state index contributed by atoms with van der Waals surface area (Å²) < 4.78 is 13.1. The molecule has 0 radical (unpaired) electrons. The molecule has 1 aliphatic rings. The molecule has 0 aliphatic carbocycles. The molecule has 0 amide bonds. The Morgan fingerprint density at radius 1 is 1.64 bits per heavy atom. The van der Waals surface area contributed by atoms with E-state index < -0.39 is 0 Å². The zero-order valence-corrected chi connectivity index (χ0v) is 7.96. The summed E-state index contributed by atoms with van der Waals surface area (Å²) in [5.41, 5.74) is 0.548. The van der Waals surface area contributed by atoms with Crippen molar-refractivity contribution >= 4 is 5.69 Å². The van der Waals surface area contributed by atoms with Gasteiger partial charge in [0, 0.05) is 12.7 Å². The minimum Gasteiger partial charge on any atom is -0.382 e. The van der Waals surface area contributed by atoms with Crippen LogP contribution in [0.2, 0.25) is 0 Å². The number of anilines is 1. The Kier molecular flexibility index (Phi) is 2.93. The molecule has 1 unspecified atom stereocenters. The van der Waals surface area contributed by atoms with Crippen LogP contribution in [-0.4, -0.2) is 24.6 Å². The van der Waals surface area contributed by atoms with Crippen LogP contribution in [0.3, 0.4) is 0 Å². The summed E-state index contributed by atoms with van der Waals surface area (Å²) in [5.74, 6) is 0.334. The second-order valence-electron chi connectivity index (χ2n) is 3.60. The zero-order valence-electron chi connectivity index (χ0n) is 7.96. The van der Waals surface area contributed by atoms with Gasteiger partial charge in [-0.25, -0.2) is 4.39 Å². The second kappa shape index (κ2) is 4.37. The number of rotatable bonds is 3. The van der Waals surface area contributed by atoms with Crippen LogP contribution in [0.1, 0.15) is 6.42 Å². The fourth-order valence-corrected chi connectivity index (χ4v) is 1.66. The maximum Gasteiger partial charge on any atom is 0.164 e. The van der Waals surface area contributed by atoms with Crippen LogP contribution >= 0.6 is 0 Å². The molecule has 1 fully saturated rings. The fraction of sp³-hybridized carbons (Fsp3) is 0.500. The normalized spacial score (nSPS) is 21.1. The summed E-state index contributed by atoms with van der Waals surface area (Å²) in [6, 6.07) is 1.66. The number of hydrogen-bond acceptors (Lipinski definition) is 3. The lowest BCUT2D eigenvalue weighted by Gasteiger charge is -2.11. The van der Waals surface area contributed by atoms with Crippen LogP contribution in [0.15, 0.2) is 18.5 Å². The molecular formula is C10H14FN3. The Bertz CT molecular complexity index is 297. The van der Waals surface area contributed by atoms with Gasteiger partial charge in [-0.1, -0.05) is 0 Å².